The minimum Gasteiger partial charge on any atom is -0.352 e. The molecule has 1 saturated carbocycles. The van der Waals surface area contributed by atoms with Crippen molar-refractivity contribution in [3.05, 3.63) is 64.1 Å². The fraction of sp³-hybridized carbons (Fsp3) is 0.462. The van der Waals surface area contributed by atoms with Crippen molar-refractivity contribution >= 4 is 50.7 Å². The molecule has 0 saturated heterocycles. The third-order valence-corrected chi connectivity index (χ3v) is 8.04. The SMILES string of the molecule is CC[C@H](C(=O)NC1CCCCC1)N(Cc1ccc(Cl)cc1)C(=O)CN(c1ccc(Cl)cc1)S(C)(=O)=O. The van der Waals surface area contributed by atoms with Crippen LogP contribution >= 0.6 is 23.2 Å². The van der Waals surface area contributed by atoms with Crippen LogP contribution in [0, 0.1) is 0 Å². The Labute approximate surface area is 223 Å². The molecule has 1 N–H and O–H groups in total. The Kier molecular flexibility index (Phi) is 10.0. The Morgan fingerprint density at radius 1 is 0.972 bits per heavy atom. The lowest BCUT2D eigenvalue weighted by Crippen LogP contribution is -2.53. The molecular weight excluding hydrogens is 521 g/mol. The van der Waals surface area contributed by atoms with Crippen molar-refractivity contribution in [2.45, 2.75) is 64.1 Å². The molecule has 1 fully saturated rings. The molecular formula is C26H33Cl2N3O4S. The van der Waals surface area contributed by atoms with E-state index >= 15 is 0 Å². The Balaban J connectivity index is 1.89. The molecule has 36 heavy (non-hydrogen) atoms. The number of nitrogens with one attached hydrogen (secondary N) is 1. The Morgan fingerprint density at radius 2 is 1.53 bits per heavy atom. The zero-order valence-corrected chi connectivity index (χ0v) is 23.0. The number of hydrogen-bond donors (Lipinski definition) is 1. The predicted molar refractivity (Wildman–Crippen MR) is 145 cm³/mol. The summed E-state index contributed by atoms with van der Waals surface area (Å²) in [6, 6.07) is 12.6. The van der Waals surface area contributed by atoms with Gasteiger partial charge in [-0.15, -0.1) is 0 Å². The zero-order valence-electron chi connectivity index (χ0n) is 20.6. The summed E-state index contributed by atoms with van der Waals surface area (Å²) in [6.07, 6.45) is 6.58. The maximum atomic E-state index is 13.7. The van der Waals surface area contributed by atoms with Crippen molar-refractivity contribution in [1.29, 1.82) is 0 Å². The first kappa shape index (κ1) is 28.3. The quantitative estimate of drug-likeness (QED) is 0.447. The van der Waals surface area contributed by atoms with Gasteiger partial charge < -0.3 is 10.2 Å². The van der Waals surface area contributed by atoms with Crippen molar-refractivity contribution < 1.29 is 18.0 Å². The number of amides is 2. The highest BCUT2D eigenvalue weighted by atomic mass is 35.5. The van der Waals surface area contributed by atoms with Gasteiger partial charge in [0.15, 0.2) is 0 Å². The van der Waals surface area contributed by atoms with Crippen molar-refractivity contribution in [2.75, 3.05) is 17.1 Å². The van der Waals surface area contributed by atoms with E-state index < -0.39 is 28.5 Å². The number of carbonyl (C=O) groups is 2. The van der Waals surface area contributed by atoms with E-state index in [0.29, 0.717) is 22.2 Å². The molecule has 1 atom stereocenters. The van der Waals surface area contributed by atoms with Crippen LogP contribution in [0.2, 0.25) is 10.0 Å². The lowest BCUT2D eigenvalue weighted by Gasteiger charge is -2.34. The first-order valence-electron chi connectivity index (χ1n) is 12.2. The summed E-state index contributed by atoms with van der Waals surface area (Å²) in [7, 11) is -3.79. The second-order valence-corrected chi connectivity index (χ2v) is 11.9. The number of halogens is 2. The summed E-state index contributed by atoms with van der Waals surface area (Å²) in [5, 5.41) is 4.13. The summed E-state index contributed by atoms with van der Waals surface area (Å²) in [5.41, 5.74) is 1.11. The maximum Gasteiger partial charge on any atom is 0.244 e. The number of carbonyl (C=O) groups excluding carboxylic acids is 2. The van der Waals surface area contributed by atoms with E-state index in [0.717, 1.165) is 48.2 Å². The summed E-state index contributed by atoms with van der Waals surface area (Å²) in [5.74, 6) is -0.694. The van der Waals surface area contributed by atoms with Crippen LogP contribution in [0.1, 0.15) is 51.0 Å². The number of sulfonamides is 1. The summed E-state index contributed by atoms with van der Waals surface area (Å²) in [4.78, 5) is 28.5. The van der Waals surface area contributed by atoms with Gasteiger partial charge in [0.05, 0.1) is 11.9 Å². The molecule has 3 rings (SSSR count). The van der Waals surface area contributed by atoms with Crippen LogP contribution in [-0.4, -0.2) is 50.0 Å². The van der Waals surface area contributed by atoms with Crippen LogP contribution in [0.5, 0.6) is 0 Å². The van der Waals surface area contributed by atoms with E-state index in [1.165, 1.54) is 4.90 Å². The standard InChI is InChI=1S/C26H33Cl2N3O4S/c1-3-24(26(33)29-22-7-5-4-6-8-22)30(17-19-9-11-20(27)12-10-19)25(32)18-31(36(2,34)35)23-15-13-21(28)14-16-23/h9-16,22,24H,3-8,17-18H2,1-2H3,(H,29,33)/t24-/m1/s1. The number of rotatable bonds is 10. The average molecular weight is 555 g/mol. The van der Waals surface area contributed by atoms with Crippen molar-refractivity contribution in [3.8, 4) is 0 Å². The molecule has 196 valence electrons. The van der Waals surface area contributed by atoms with Gasteiger partial charge in [-0.2, -0.15) is 0 Å². The molecule has 2 aromatic rings. The number of hydrogen-bond acceptors (Lipinski definition) is 4. The van der Waals surface area contributed by atoms with Crippen LogP contribution in [0.3, 0.4) is 0 Å². The Hall–Kier alpha value is -2.29. The van der Waals surface area contributed by atoms with E-state index in [4.69, 9.17) is 23.2 Å². The molecule has 2 amide bonds. The Morgan fingerprint density at radius 3 is 2.06 bits per heavy atom. The van der Waals surface area contributed by atoms with E-state index in [9.17, 15) is 18.0 Å². The van der Waals surface area contributed by atoms with Crippen LogP contribution in [0.15, 0.2) is 48.5 Å². The van der Waals surface area contributed by atoms with Crippen LogP contribution < -0.4 is 9.62 Å². The van der Waals surface area contributed by atoms with Gasteiger partial charge in [-0.05, 0) is 61.2 Å². The topological polar surface area (TPSA) is 86.8 Å². The van der Waals surface area contributed by atoms with Crippen LogP contribution in [0.25, 0.3) is 0 Å². The molecule has 2 aromatic carbocycles. The van der Waals surface area contributed by atoms with Gasteiger partial charge >= 0.3 is 0 Å². The summed E-state index contributed by atoms with van der Waals surface area (Å²) in [6.45, 7) is 1.55. The first-order chi connectivity index (χ1) is 17.1. The number of benzene rings is 2. The minimum atomic E-state index is -3.79. The fourth-order valence-corrected chi connectivity index (χ4v) is 5.57. The largest absolute Gasteiger partial charge is 0.352 e. The number of nitrogens with zero attached hydrogens (tertiary/aromatic N) is 2. The summed E-state index contributed by atoms with van der Waals surface area (Å²) < 4.78 is 26.3. The van der Waals surface area contributed by atoms with Gasteiger partial charge in [-0.1, -0.05) is 61.5 Å². The van der Waals surface area contributed by atoms with E-state index in [1.807, 2.05) is 6.92 Å². The lowest BCUT2D eigenvalue weighted by atomic mass is 9.95. The lowest BCUT2D eigenvalue weighted by molar-refractivity contribution is -0.140. The average Bonchev–Trinajstić information content (AvgIpc) is 2.84. The predicted octanol–water partition coefficient (Wildman–Crippen LogP) is 5.02. The van der Waals surface area contributed by atoms with Crippen molar-refractivity contribution in [3.63, 3.8) is 0 Å². The highest BCUT2D eigenvalue weighted by molar-refractivity contribution is 7.92. The van der Waals surface area contributed by atoms with Crippen LogP contribution in [0.4, 0.5) is 5.69 Å². The molecule has 0 bridgehead atoms. The number of anilines is 1. The minimum absolute atomic E-state index is 0.0920. The molecule has 0 aromatic heterocycles. The molecule has 0 heterocycles. The maximum absolute atomic E-state index is 13.7. The van der Waals surface area contributed by atoms with Crippen molar-refractivity contribution in [2.24, 2.45) is 0 Å². The van der Waals surface area contributed by atoms with Gasteiger partial charge in [0, 0.05) is 22.6 Å². The van der Waals surface area contributed by atoms with Gasteiger partial charge in [-0.3, -0.25) is 13.9 Å². The van der Waals surface area contributed by atoms with Gasteiger partial charge in [0.25, 0.3) is 0 Å². The third kappa shape index (κ3) is 7.85. The molecule has 1 aliphatic rings. The van der Waals surface area contributed by atoms with Crippen LogP contribution in [-0.2, 0) is 26.2 Å². The van der Waals surface area contributed by atoms with Crippen molar-refractivity contribution in [1.82, 2.24) is 10.2 Å². The zero-order chi connectivity index (χ0) is 26.3. The molecule has 10 heteroatoms. The van der Waals surface area contributed by atoms with E-state index in [1.54, 1.807) is 48.5 Å². The van der Waals surface area contributed by atoms with Gasteiger partial charge in [-0.25, -0.2) is 8.42 Å². The third-order valence-electron chi connectivity index (χ3n) is 6.40. The molecule has 0 aliphatic heterocycles. The molecule has 1 aliphatic carbocycles. The monoisotopic (exact) mass is 553 g/mol. The molecule has 0 unspecified atom stereocenters. The highest BCUT2D eigenvalue weighted by Crippen LogP contribution is 2.23. The normalized spacial score (nSPS) is 15.2. The smallest absolute Gasteiger partial charge is 0.244 e. The Bertz CT molecular complexity index is 1130. The van der Waals surface area contributed by atoms with E-state index in [2.05, 4.69) is 5.32 Å². The summed E-state index contributed by atoms with van der Waals surface area (Å²) >= 11 is 12.0. The highest BCUT2D eigenvalue weighted by Gasteiger charge is 2.32. The molecule has 0 spiro atoms. The second-order valence-electron chi connectivity index (χ2n) is 9.16. The van der Waals surface area contributed by atoms with Gasteiger partial charge in [0.2, 0.25) is 21.8 Å². The second kappa shape index (κ2) is 12.8. The molecule has 0 radical (unpaired) electrons. The van der Waals surface area contributed by atoms with E-state index in [-0.39, 0.29) is 18.5 Å². The van der Waals surface area contributed by atoms with Gasteiger partial charge in [0.1, 0.15) is 12.6 Å². The first-order valence-corrected chi connectivity index (χ1v) is 14.8. The fourth-order valence-electron chi connectivity index (χ4n) is 4.47. The molecule has 7 nitrogen and oxygen atoms in total.